The van der Waals surface area contributed by atoms with Crippen LogP contribution in [0.25, 0.3) is 0 Å². The molecule has 0 aliphatic carbocycles. The van der Waals surface area contributed by atoms with Crippen molar-refractivity contribution in [1.82, 2.24) is 4.90 Å². The molecule has 2 amide bonds. The third kappa shape index (κ3) is 4.39. The van der Waals surface area contributed by atoms with Gasteiger partial charge in [-0.25, -0.2) is 4.39 Å². The predicted octanol–water partition coefficient (Wildman–Crippen LogP) is 3.52. The highest BCUT2D eigenvalue weighted by Crippen LogP contribution is 2.22. The fourth-order valence-electron chi connectivity index (χ4n) is 3.24. The number of hydrogen-bond acceptors (Lipinski definition) is 3. The van der Waals surface area contributed by atoms with Gasteiger partial charge in [0.25, 0.3) is 5.91 Å². The second-order valence-corrected chi connectivity index (χ2v) is 6.70. The van der Waals surface area contributed by atoms with E-state index in [9.17, 15) is 18.8 Å². The van der Waals surface area contributed by atoms with Crippen molar-refractivity contribution in [3.8, 4) is 0 Å². The van der Waals surface area contributed by atoms with E-state index in [-0.39, 0.29) is 29.7 Å². The number of hydrogen-bond donors (Lipinski definition) is 1. The van der Waals surface area contributed by atoms with Crippen LogP contribution in [0.5, 0.6) is 0 Å². The summed E-state index contributed by atoms with van der Waals surface area (Å²) in [6.07, 6.45) is 1.32. The van der Waals surface area contributed by atoms with Gasteiger partial charge in [-0.2, -0.15) is 0 Å². The summed E-state index contributed by atoms with van der Waals surface area (Å²) in [6, 6.07) is 12.6. The average Bonchev–Trinajstić information content (AvgIpc) is 2.68. The topological polar surface area (TPSA) is 66.5 Å². The number of carbonyl (C=O) groups is 3. The number of amides is 2. The Morgan fingerprint density at radius 2 is 1.89 bits per heavy atom. The fourth-order valence-corrected chi connectivity index (χ4v) is 3.24. The summed E-state index contributed by atoms with van der Waals surface area (Å²) >= 11 is 0. The highest BCUT2D eigenvalue weighted by atomic mass is 19.1. The van der Waals surface area contributed by atoms with Gasteiger partial charge >= 0.3 is 0 Å². The van der Waals surface area contributed by atoms with Crippen LogP contribution < -0.4 is 5.32 Å². The summed E-state index contributed by atoms with van der Waals surface area (Å²) in [5.74, 6) is -1.62. The highest BCUT2D eigenvalue weighted by Gasteiger charge is 2.30. The van der Waals surface area contributed by atoms with Crippen molar-refractivity contribution < 1.29 is 18.8 Å². The molecule has 1 atom stereocenters. The van der Waals surface area contributed by atoms with Gasteiger partial charge in [-0.05, 0) is 44.0 Å². The van der Waals surface area contributed by atoms with E-state index in [2.05, 4.69) is 5.32 Å². The van der Waals surface area contributed by atoms with Gasteiger partial charge in [0.1, 0.15) is 5.82 Å². The lowest BCUT2D eigenvalue weighted by atomic mass is 9.96. The number of anilines is 1. The molecule has 0 bridgehead atoms. The van der Waals surface area contributed by atoms with Gasteiger partial charge in [-0.3, -0.25) is 14.4 Å². The molecule has 0 saturated carbocycles. The molecule has 1 fully saturated rings. The van der Waals surface area contributed by atoms with Crippen LogP contribution in [0.4, 0.5) is 10.1 Å². The van der Waals surface area contributed by atoms with E-state index in [4.69, 9.17) is 0 Å². The number of carbonyl (C=O) groups excluding carboxylic acids is 3. The van der Waals surface area contributed by atoms with Crippen LogP contribution in [0.3, 0.4) is 0 Å². The summed E-state index contributed by atoms with van der Waals surface area (Å²) in [6.45, 7) is 2.20. The van der Waals surface area contributed by atoms with Crippen LogP contribution in [0.2, 0.25) is 0 Å². The van der Waals surface area contributed by atoms with Crippen molar-refractivity contribution in [3.05, 3.63) is 65.5 Å². The maximum absolute atomic E-state index is 13.9. The Hall–Kier alpha value is -3.02. The molecule has 0 aromatic heterocycles. The number of ketones is 1. The molecule has 140 valence electrons. The Morgan fingerprint density at radius 3 is 2.63 bits per heavy atom. The second-order valence-electron chi connectivity index (χ2n) is 6.70. The zero-order valence-electron chi connectivity index (χ0n) is 15.1. The maximum atomic E-state index is 13.9. The minimum Gasteiger partial charge on any atom is -0.338 e. The van der Waals surface area contributed by atoms with Gasteiger partial charge in [-0.1, -0.05) is 24.3 Å². The van der Waals surface area contributed by atoms with Crippen LogP contribution in [0.1, 0.15) is 40.5 Å². The SMILES string of the molecule is CC(=O)c1cccc(NC(=O)C2CCCN(C(=O)c3ccccc3F)C2)c1. The highest BCUT2D eigenvalue weighted by molar-refractivity contribution is 5.98. The van der Waals surface area contributed by atoms with Crippen LogP contribution in [-0.2, 0) is 4.79 Å². The maximum Gasteiger partial charge on any atom is 0.256 e. The minimum absolute atomic E-state index is 0.0210. The molecule has 1 aliphatic rings. The zero-order valence-corrected chi connectivity index (χ0v) is 15.1. The van der Waals surface area contributed by atoms with Gasteiger partial charge in [0, 0.05) is 24.3 Å². The molecular weight excluding hydrogens is 347 g/mol. The first-order chi connectivity index (χ1) is 13.0. The van der Waals surface area contributed by atoms with Crippen molar-refractivity contribution in [2.24, 2.45) is 5.92 Å². The Labute approximate surface area is 157 Å². The van der Waals surface area contributed by atoms with E-state index in [1.54, 1.807) is 30.3 Å². The van der Waals surface area contributed by atoms with Crippen LogP contribution in [0, 0.1) is 11.7 Å². The Morgan fingerprint density at radius 1 is 1.11 bits per heavy atom. The molecular formula is C21H21FN2O3. The molecule has 1 heterocycles. The van der Waals surface area contributed by atoms with Gasteiger partial charge in [-0.15, -0.1) is 0 Å². The van der Waals surface area contributed by atoms with Crippen molar-refractivity contribution in [2.45, 2.75) is 19.8 Å². The number of benzene rings is 2. The summed E-state index contributed by atoms with van der Waals surface area (Å²) in [7, 11) is 0. The molecule has 1 N–H and O–H groups in total. The molecule has 2 aromatic carbocycles. The zero-order chi connectivity index (χ0) is 19.4. The van der Waals surface area contributed by atoms with Crippen LogP contribution in [-0.4, -0.2) is 35.6 Å². The monoisotopic (exact) mass is 368 g/mol. The number of piperidine rings is 1. The van der Waals surface area contributed by atoms with E-state index in [1.165, 1.54) is 30.0 Å². The van der Waals surface area contributed by atoms with Gasteiger partial charge < -0.3 is 10.2 Å². The Kier molecular flexibility index (Phi) is 5.64. The lowest BCUT2D eigenvalue weighted by molar-refractivity contribution is -0.121. The predicted molar refractivity (Wildman–Crippen MR) is 100 cm³/mol. The third-order valence-corrected chi connectivity index (χ3v) is 4.72. The summed E-state index contributed by atoms with van der Waals surface area (Å²) in [5.41, 5.74) is 1.09. The molecule has 6 heteroatoms. The van der Waals surface area contributed by atoms with Crippen molar-refractivity contribution in [3.63, 3.8) is 0 Å². The number of nitrogens with zero attached hydrogens (tertiary/aromatic N) is 1. The molecule has 3 rings (SSSR count). The number of Topliss-reactive ketones (excluding diaryl/α,β-unsaturated/α-hetero) is 1. The standard InChI is InChI=1S/C21H21FN2O3/c1-14(25)15-6-4-8-17(12-15)23-20(26)16-7-5-11-24(13-16)21(27)18-9-2-3-10-19(18)22/h2-4,6,8-10,12,16H,5,7,11,13H2,1H3,(H,23,26). The van der Waals surface area contributed by atoms with E-state index < -0.39 is 11.7 Å². The summed E-state index contributed by atoms with van der Waals surface area (Å²) in [4.78, 5) is 38.2. The number of rotatable bonds is 4. The molecule has 2 aromatic rings. The van der Waals surface area contributed by atoms with Crippen molar-refractivity contribution in [2.75, 3.05) is 18.4 Å². The first-order valence-electron chi connectivity index (χ1n) is 8.91. The van der Waals surface area contributed by atoms with Gasteiger partial charge in [0.2, 0.25) is 5.91 Å². The van der Waals surface area contributed by atoms with Crippen LogP contribution >= 0.6 is 0 Å². The van der Waals surface area contributed by atoms with Crippen molar-refractivity contribution in [1.29, 1.82) is 0 Å². The van der Waals surface area contributed by atoms with E-state index in [0.29, 0.717) is 30.6 Å². The smallest absolute Gasteiger partial charge is 0.256 e. The number of halogens is 1. The quantitative estimate of drug-likeness (QED) is 0.840. The van der Waals surface area contributed by atoms with E-state index in [1.807, 2.05) is 0 Å². The lowest BCUT2D eigenvalue weighted by Gasteiger charge is -2.32. The molecule has 1 aliphatic heterocycles. The van der Waals surface area contributed by atoms with E-state index >= 15 is 0 Å². The molecule has 27 heavy (non-hydrogen) atoms. The fraction of sp³-hybridized carbons (Fsp3) is 0.286. The first kappa shape index (κ1) is 18.8. The largest absolute Gasteiger partial charge is 0.338 e. The van der Waals surface area contributed by atoms with Crippen LogP contribution in [0.15, 0.2) is 48.5 Å². The van der Waals surface area contributed by atoms with Gasteiger partial charge in [0.05, 0.1) is 11.5 Å². The normalized spacial score (nSPS) is 16.7. The first-order valence-corrected chi connectivity index (χ1v) is 8.91. The Bertz CT molecular complexity index is 881. The molecule has 0 radical (unpaired) electrons. The summed E-state index contributed by atoms with van der Waals surface area (Å²) < 4.78 is 13.9. The Balaban J connectivity index is 1.68. The third-order valence-electron chi connectivity index (χ3n) is 4.72. The minimum atomic E-state index is -0.560. The number of nitrogens with one attached hydrogen (secondary N) is 1. The second kappa shape index (κ2) is 8.12. The molecule has 5 nitrogen and oxygen atoms in total. The summed E-state index contributed by atoms with van der Waals surface area (Å²) in [5, 5.41) is 2.81. The van der Waals surface area contributed by atoms with Crippen molar-refractivity contribution >= 4 is 23.3 Å². The molecule has 0 spiro atoms. The van der Waals surface area contributed by atoms with Gasteiger partial charge in [0.15, 0.2) is 5.78 Å². The number of likely N-dealkylation sites (tertiary alicyclic amines) is 1. The van der Waals surface area contributed by atoms with E-state index in [0.717, 1.165) is 0 Å². The average molecular weight is 368 g/mol. The molecule has 1 unspecified atom stereocenters. The molecule has 1 saturated heterocycles. The lowest BCUT2D eigenvalue weighted by Crippen LogP contribution is -2.44.